The van der Waals surface area contributed by atoms with Crippen molar-refractivity contribution >= 4 is 16.6 Å². The maximum absolute atomic E-state index is 4.37. The van der Waals surface area contributed by atoms with Crippen LogP contribution in [0.15, 0.2) is 36.5 Å². The lowest BCUT2D eigenvalue weighted by atomic mass is 10.1. The fourth-order valence-electron chi connectivity index (χ4n) is 1.64. The van der Waals surface area contributed by atoms with Crippen LogP contribution < -0.4 is 5.32 Å². The van der Waals surface area contributed by atoms with E-state index in [1.54, 1.807) is 0 Å². The molecule has 0 spiro atoms. The number of fused-ring (bicyclic) bond motifs is 1. The van der Waals surface area contributed by atoms with E-state index in [1.807, 2.05) is 12.3 Å². The molecule has 1 aromatic heterocycles. The summed E-state index contributed by atoms with van der Waals surface area (Å²) < 4.78 is 0. The fraction of sp³-hybridized carbons (Fsp3) is 0.308. The monoisotopic (exact) mass is 200 g/mol. The molecule has 0 bridgehead atoms. The van der Waals surface area contributed by atoms with Crippen LogP contribution in [0.5, 0.6) is 0 Å². The number of pyridine rings is 1. The van der Waals surface area contributed by atoms with Crippen molar-refractivity contribution in [3.05, 3.63) is 36.5 Å². The number of unbranched alkanes of at least 4 members (excludes halogenated alkanes) is 1. The first kappa shape index (κ1) is 9.97. The van der Waals surface area contributed by atoms with E-state index in [-0.39, 0.29) is 0 Å². The second kappa shape index (κ2) is 4.78. The lowest BCUT2D eigenvalue weighted by Crippen LogP contribution is -2.02. The van der Waals surface area contributed by atoms with Crippen molar-refractivity contribution < 1.29 is 0 Å². The number of hydrogen-bond donors (Lipinski definition) is 1. The molecule has 1 aromatic carbocycles. The van der Waals surface area contributed by atoms with Gasteiger partial charge in [0.15, 0.2) is 0 Å². The number of rotatable bonds is 4. The zero-order valence-corrected chi connectivity index (χ0v) is 9.03. The van der Waals surface area contributed by atoms with E-state index in [4.69, 9.17) is 0 Å². The average molecular weight is 200 g/mol. The molecule has 0 saturated carbocycles. The Morgan fingerprint density at radius 3 is 2.93 bits per heavy atom. The Bertz CT molecular complexity index is 432. The lowest BCUT2D eigenvalue weighted by Gasteiger charge is -2.07. The Kier molecular flexibility index (Phi) is 3.18. The number of nitrogens with zero attached hydrogens (tertiary/aromatic N) is 1. The highest BCUT2D eigenvalue weighted by atomic mass is 15.0. The van der Waals surface area contributed by atoms with Gasteiger partial charge in [0.25, 0.3) is 0 Å². The molecule has 0 amide bonds. The molecule has 0 atom stereocenters. The van der Waals surface area contributed by atoms with Gasteiger partial charge in [-0.1, -0.05) is 37.6 Å². The van der Waals surface area contributed by atoms with Crippen molar-refractivity contribution in [2.24, 2.45) is 0 Å². The van der Waals surface area contributed by atoms with E-state index >= 15 is 0 Å². The summed E-state index contributed by atoms with van der Waals surface area (Å²) in [6, 6.07) is 10.4. The van der Waals surface area contributed by atoms with Gasteiger partial charge in [-0.2, -0.15) is 0 Å². The molecule has 0 aliphatic carbocycles. The van der Waals surface area contributed by atoms with Crippen molar-refractivity contribution in [2.75, 3.05) is 11.9 Å². The lowest BCUT2D eigenvalue weighted by molar-refractivity contribution is 0.832. The first-order valence-electron chi connectivity index (χ1n) is 5.49. The predicted octanol–water partition coefficient (Wildman–Crippen LogP) is 3.45. The summed E-state index contributed by atoms with van der Waals surface area (Å²) in [7, 11) is 0. The van der Waals surface area contributed by atoms with Crippen molar-refractivity contribution in [1.29, 1.82) is 0 Å². The van der Waals surface area contributed by atoms with Crippen molar-refractivity contribution in [1.82, 2.24) is 4.98 Å². The van der Waals surface area contributed by atoms with Gasteiger partial charge in [0.05, 0.1) is 0 Å². The molecule has 0 aliphatic rings. The molecule has 1 N–H and O–H groups in total. The zero-order chi connectivity index (χ0) is 10.5. The van der Waals surface area contributed by atoms with E-state index in [0.717, 1.165) is 12.4 Å². The first-order chi connectivity index (χ1) is 7.42. The fourth-order valence-corrected chi connectivity index (χ4v) is 1.64. The minimum absolute atomic E-state index is 0.998. The predicted molar refractivity (Wildman–Crippen MR) is 65.1 cm³/mol. The van der Waals surface area contributed by atoms with Gasteiger partial charge in [-0.15, -0.1) is 0 Å². The molecule has 0 saturated heterocycles. The van der Waals surface area contributed by atoms with Crippen LogP contribution >= 0.6 is 0 Å². The summed E-state index contributed by atoms with van der Waals surface area (Å²) in [5, 5.41) is 5.82. The molecule has 0 aliphatic heterocycles. The van der Waals surface area contributed by atoms with Gasteiger partial charge in [0.1, 0.15) is 5.82 Å². The topological polar surface area (TPSA) is 24.9 Å². The van der Waals surface area contributed by atoms with Crippen molar-refractivity contribution in [3.8, 4) is 0 Å². The first-order valence-corrected chi connectivity index (χ1v) is 5.49. The van der Waals surface area contributed by atoms with Crippen LogP contribution in [0.3, 0.4) is 0 Å². The van der Waals surface area contributed by atoms with Crippen LogP contribution in [0, 0.1) is 0 Å². The molecule has 0 fully saturated rings. The SMILES string of the molecule is CCCCNc1nccc2ccccc12. The smallest absolute Gasteiger partial charge is 0.133 e. The maximum atomic E-state index is 4.37. The summed E-state index contributed by atoms with van der Waals surface area (Å²) in [6.45, 7) is 3.19. The van der Waals surface area contributed by atoms with E-state index in [2.05, 4.69) is 41.5 Å². The second-order valence-electron chi connectivity index (χ2n) is 3.66. The van der Waals surface area contributed by atoms with E-state index in [1.165, 1.54) is 23.6 Å². The largest absolute Gasteiger partial charge is 0.370 e. The van der Waals surface area contributed by atoms with Crippen LogP contribution in [0.2, 0.25) is 0 Å². The summed E-state index contributed by atoms with van der Waals surface area (Å²) in [5.74, 6) is 1.00. The van der Waals surface area contributed by atoms with Gasteiger partial charge in [0.2, 0.25) is 0 Å². The number of benzene rings is 1. The third-order valence-corrected chi connectivity index (χ3v) is 2.50. The Morgan fingerprint density at radius 2 is 2.07 bits per heavy atom. The Morgan fingerprint density at radius 1 is 1.20 bits per heavy atom. The van der Waals surface area contributed by atoms with Gasteiger partial charge in [-0.3, -0.25) is 0 Å². The summed E-state index contributed by atoms with van der Waals surface area (Å²) in [6.07, 6.45) is 4.25. The number of hydrogen-bond acceptors (Lipinski definition) is 2. The van der Waals surface area contributed by atoms with E-state index < -0.39 is 0 Å². The molecular weight excluding hydrogens is 184 g/mol. The van der Waals surface area contributed by atoms with Gasteiger partial charge in [-0.05, 0) is 17.9 Å². The summed E-state index contributed by atoms with van der Waals surface area (Å²) in [5.41, 5.74) is 0. The molecule has 15 heavy (non-hydrogen) atoms. The molecular formula is C13H16N2. The van der Waals surface area contributed by atoms with Crippen LogP contribution in [0.25, 0.3) is 10.8 Å². The van der Waals surface area contributed by atoms with Crippen LogP contribution in [0.1, 0.15) is 19.8 Å². The van der Waals surface area contributed by atoms with Crippen LogP contribution in [-0.2, 0) is 0 Å². The molecule has 2 aromatic rings. The van der Waals surface area contributed by atoms with E-state index in [9.17, 15) is 0 Å². The molecule has 78 valence electrons. The normalized spacial score (nSPS) is 10.5. The van der Waals surface area contributed by atoms with Gasteiger partial charge in [-0.25, -0.2) is 4.98 Å². The minimum Gasteiger partial charge on any atom is -0.370 e. The van der Waals surface area contributed by atoms with Gasteiger partial charge < -0.3 is 5.32 Å². The number of aromatic nitrogens is 1. The average Bonchev–Trinajstić information content (AvgIpc) is 2.30. The molecule has 0 radical (unpaired) electrons. The van der Waals surface area contributed by atoms with Crippen LogP contribution in [0.4, 0.5) is 5.82 Å². The summed E-state index contributed by atoms with van der Waals surface area (Å²) >= 11 is 0. The molecule has 1 heterocycles. The zero-order valence-electron chi connectivity index (χ0n) is 9.03. The number of anilines is 1. The molecule has 2 heteroatoms. The van der Waals surface area contributed by atoms with E-state index in [0.29, 0.717) is 0 Å². The standard InChI is InChI=1S/C13H16N2/c1-2-3-9-14-13-12-7-5-4-6-11(12)8-10-15-13/h4-8,10H,2-3,9H2,1H3,(H,14,15). The highest BCUT2D eigenvalue weighted by molar-refractivity contribution is 5.91. The Balaban J connectivity index is 2.26. The quantitative estimate of drug-likeness (QED) is 0.765. The van der Waals surface area contributed by atoms with Gasteiger partial charge >= 0.3 is 0 Å². The summed E-state index contributed by atoms with van der Waals surface area (Å²) in [4.78, 5) is 4.37. The molecule has 2 nitrogen and oxygen atoms in total. The Hall–Kier alpha value is -1.57. The minimum atomic E-state index is 0.998. The third kappa shape index (κ3) is 2.27. The highest BCUT2D eigenvalue weighted by Gasteiger charge is 1.99. The highest BCUT2D eigenvalue weighted by Crippen LogP contribution is 2.20. The number of nitrogens with one attached hydrogen (secondary N) is 1. The van der Waals surface area contributed by atoms with Crippen LogP contribution in [-0.4, -0.2) is 11.5 Å². The maximum Gasteiger partial charge on any atom is 0.133 e. The molecule has 2 rings (SSSR count). The molecule has 0 unspecified atom stereocenters. The van der Waals surface area contributed by atoms with Crippen molar-refractivity contribution in [2.45, 2.75) is 19.8 Å². The second-order valence-corrected chi connectivity index (χ2v) is 3.66. The van der Waals surface area contributed by atoms with Gasteiger partial charge in [0, 0.05) is 18.1 Å². The Labute approximate surface area is 90.3 Å². The third-order valence-electron chi connectivity index (χ3n) is 2.50. The van der Waals surface area contributed by atoms with Crippen molar-refractivity contribution in [3.63, 3.8) is 0 Å².